The van der Waals surface area contributed by atoms with Crippen molar-refractivity contribution in [1.82, 2.24) is 4.90 Å². The average Bonchev–Trinajstić information content (AvgIpc) is 3.47. The topological polar surface area (TPSA) is 48.0 Å². The largest absolute Gasteiger partial charge is 0.495 e. The van der Waals surface area contributed by atoms with Crippen molar-refractivity contribution in [3.05, 3.63) is 29.3 Å². The maximum absolute atomic E-state index is 12.4. The highest BCUT2D eigenvalue weighted by molar-refractivity contribution is 6.62. The van der Waals surface area contributed by atoms with Crippen LogP contribution in [0.1, 0.15) is 97.1 Å². The zero-order valence-electron chi connectivity index (χ0n) is 20.3. The van der Waals surface area contributed by atoms with Crippen LogP contribution in [0, 0.1) is 0 Å². The Kier molecular flexibility index (Phi) is 5.71. The van der Waals surface area contributed by atoms with E-state index in [9.17, 15) is 4.79 Å². The van der Waals surface area contributed by atoms with Gasteiger partial charge in [-0.2, -0.15) is 0 Å². The van der Waals surface area contributed by atoms with Crippen molar-refractivity contribution < 1.29 is 18.8 Å². The molecule has 0 aromatic heterocycles. The van der Waals surface area contributed by atoms with Crippen LogP contribution in [0.2, 0.25) is 0 Å². The Balaban J connectivity index is 1.50. The molecule has 0 radical (unpaired) electrons. The van der Waals surface area contributed by atoms with Crippen LogP contribution in [-0.4, -0.2) is 48.0 Å². The molecule has 2 saturated heterocycles. The molecule has 2 heterocycles. The summed E-state index contributed by atoms with van der Waals surface area (Å²) in [6, 6.07) is 6.91. The monoisotopic (exact) mass is 427 g/mol. The van der Waals surface area contributed by atoms with Crippen molar-refractivity contribution in [1.29, 1.82) is 0 Å². The number of carbonyl (C=O) groups is 1. The number of hydrogen-bond acceptors (Lipinski definition) is 4. The minimum atomic E-state index is -0.454. The number of carbonyl (C=O) groups excluding carboxylic acids is 1. The molecule has 1 aliphatic carbocycles. The second-order valence-corrected chi connectivity index (χ2v) is 11.5. The van der Waals surface area contributed by atoms with E-state index in [1.807, 2.05) is 25.7 Å². The number of likely N-dealkylation sites (tertiary alicyclic amines) is 1. The van der Waals surface area contributed by atoms with E-state index in [1.54, 1.807) is 0 Å². The molecule has 31 heavy (non-hydrogen) atoms. The summed E-state index contributed by atoms with van der Waals surface area (Å²) in [4.78, 5) is 14.2. The molecular formula is C25H38BNO4. The Hall–Kier alpha value is -1.53. The van der Waals surface area contributed by atoms with E-state index in [1.165, 1.54) is 29.4 Å². The first-order valence-electron chi connectivity index (χ1n) is 11.8. The van der Waals surface area contributed by atoms with Crippen LogP contribution in [0.5, 0.6) is 0 Å². The molecule has 1 aromatic carbocycles. The minimum absolute atomic E-state index is 0.201. The third-order valence-electron chi connectivity index (χ3n) is 7.25. The van der Waals surface area contributed by atoms with Gasteiger partial charge in [-0.25, -0.2) is 4.79 Å². The van der Waals surface area contributed by atoms with E-state index in [0.29, 0.717) is 11.8 Å². The lowest BCUT2D eigenvalue weighted by atomic mass is 9.72. The summed E-state index contributed by atoms with van der Waals surface area (Å²) in [5.41, 5.74) is 2.78. The van der Waals surface area contributed by atoms with Crippen LogP contribution in [0.3, 0.4) is 0 Å². The lowest BCUT2D eigenvalue weighted by Crippen LogP contribution is -2.41. The van der Waals surface area contributed by atoms with Gasteiger partial charge < -0.3 is 18.9 Å². The highest BCUT2D eigenvalue weighted by Crippen LogP contribution is 2.42. The van der Waals surface area contributed by atoms with Gasteiger partial charge in [0.2, 0.25) is 0 Å². The molecule has 170 valence electrons. The van der Waals surface area contributed by atoms with Gasteiger partial charge in [-0.1, -0.05) is 18.2 Å². The van der Waals surface area contributed by atoms with Crippen molar-refractivity contribution in [3.63, 3.8) is 0 Å². The van der Waals surface area contributed by atoms with Crippen LogP contribution >= 0.6 is 0 Å². The van der Waals surface area contributed by atoms with Crippen molar-refractivity contribution >= 4 is 18.7 Å². The first-order chi connectivity index (χ1) is 14.4. The van der Waals surface area contributed by atoms with Crippen molar-refractivity contribution in [3.8, 4) is 0 Å². The van der Waals surface area contributed by atoms with Gasteiger partial charge in [0.25, 0.3) is 0 Å². The Morgan fingerprint density at radius 2 is 1.58 bits per heavy atom. The smallest absolute Gasteiger partial charge is 0.444 e. The highest BCUT2D eigenvalue weighted by Gasteiger charge is 2.52. The van der Waals surface area contributed by atoms with Crippen molar-refractivity contribution in [2.45, 2.75) is 103 Å². The third kappa shape index (κ3) is 4.80. The second-order valence-electron chi connectivity index (χ2n) is 11.5. The molecule has 0 N–H and O–H groups in total. The van der Waals surface area contributed by atoms with E-state index in [4.69, 9.17) is 14.0 Å². The van der Waals surface area contributed by atoms with Gasteiger partial charge in [0, 0.05) is 13.1 Å². The van der Waals surface area contributed by atoms with Gasteiger partial charge in [0.1, 0.15) is 5.60 Å². The summed E-state index contributed by atoms with van der Waals surface area (Å²) in [6.07, 6.45) is 4.20. The fourth-order valence-corrected chi connectivity index (χ4v) is 4.51. The number of nitrogens with zero attached hydrogens (tertiary/aromatic N) is 1. The number of amides is 1. The third-order valence-corrected chi connectivity index (χ3v) is 7.25. The first-order valence-corrected chi connectivity index (χ1v) is 11.8. The Bertz CT molecular complexity index is 816. The van der Waals surface area contributed by atoms with Crippen LogP contribution in [0.15, 0.2) is 18.2 Å². The standard InChI is InChI=1S/C25H38BNO4/c1-23(2,3)29-22(28)27-14-12-17(13-15-27)19-10-11-20(18-8-9-18)21(16-19)26-30-24(4,5)25(6,7)31-26/h10-11,16-18H,8-9,12-15H2,1-7H3. The molecule has 2 aliphatic heterocycles. The van der Waals surface area contributed by atoms with E-state index >= 15 is 0 Å². The number of rotatable bonds is 3. The fraction of sp³-hybridized carbons (Fsp3) is 0.720. The van der Waals surface area contributed by atoms with Gasteiger partial charge >= 0.3 is 13.2 Å². The Morgan fingerprint density at radius 3 is 2.10 bits per heavy atom. The lowest BCUT2D eigenvalue weighted by Gasteiger charge is -2.34. The van der Waals surface area contributed by atoms with Crippen LogP contribution < -0.4 is 5.46 Å². The summed E-state index contributed by atoms with van der Waals surface area (Å²) in [7, 11) is -0.317. The average molecular weight is 427 g/mol. The zero-order valence-corrected chi connectivity index (χ0v) is 20.3. The molecule has 1 aromatic rings. The number of ether oxygens (including phenoxy) is 1. The summed E-state index contributed by atoms with van der Waals surface area (Å²) < 4.78 is 18.4. The van der Waals surface area contributed by atoms with Crippen LogP contribution in [0.25, 0.3) is 0 Å². The number of benzene rings is 1. The fourth-order valence-electron chi connectivity index (χ4n) is 4.51. The zero-order chi connectivity index (χ0) is 22.6. The van der Waals surface area contributed by atoms with E-state index in [2.05, 4.69) is 45.9 Å². The predicted octanol–water partition coefficient (Wildman–Crippen LogP) is 4.98. The van der Waals surface area contributed by atoms with Gasteiger partial charge in [-0.3, -0.25) is 0 Å². The first kappa shape index (κ1) is 22.7. The normalized spacial score (nSPS) is 23.8. The predicted molar refractivity (Wildman–Crippen MR) is 124 cm³/mol. The molecule has 3 aliphatic rings. The van der Waals surface area contributed by atoms with E-state index in [0.717, 1.165) is 25.9 Å². The summed E-state index contributed by atoms with van der Waals surface area (Å²) in [5.74, 6) is 1.07. The molecule has 6 heteroatoms. The maximum atomic E-state index is 12.4. The molecule has 1 amide bonds. The number of piperidine rings is 1. The summed E-state index contributed by atoms with van der Waals surface area (Å²) >= 11 is 0. The highest BCUT2D eigenvalue weighted by atomic mass is 16.7. The quantitative estimate of drug-likeness (QED) is 0.639. The van der Waals surface area contributed by atoms with Gasteiger partial charge in [-0.15, -0.1) is 0 Å². The SMILES string of the molecule is CC(C)(C)OC(=O)N1CCC(c2ccc(C3CC3)c(B3OC(C)(C)C(C)(C)O3)c2)CC1. The van der Waals surface area contributed by atoms with Crippen molar-refractivity contribution in [2.24, 2.45) is 0 Å². The molecule has 1 saturated carbocycles. The molecule has 0 bridgehead atoms. The lowest BCUT2D eigenvalue weighted by molar-refractivity contribution is 0.00578. The number of hydrogen-bond donors (Lipinski definition) is 0. The summed E-state index contributed by atoms with van der Waals surface area (Å²) in [5, 5.41) is 0. The van der Waals surface area contributed by atoms with Crippen LogP contribution in [-0.2, 0) is 14.0 Å². The van der Waals surface area contributed by atoms with E-state index < -0.39 is 5.60 Å². The van der Waals surface area contributed by atoms with Gasteiger partial charge in [-0.05, 0) is 103 Å². The van der Waals surface area contributed by atoms with Gasteiger partial charge in [0.05, 0.1) is 11.2 Å². The summed E-state index contributed by atoms with van der Waals surface area (Å²) in [6.45, 7) is 15.6. The Morgan fingerprint density at radius 1 is 1.00 bits per heavy atom. The molecule has 0 spiro atoms. The molecule has 3 fully saturated rings. The van der Waals surface area contributed by atoms with Crippen molar-refractivity contribution in [2.75, 3.05) is 13.1 Å². The van der Waals surface area contributed by atoms with Gasteiger partial charge in [0.15, 0.2) is 0 Å². The molecule has 0 unspecified atom stereocenters. The van der Waals surface area contributed by atoms with E-state index in [-0.39, 0.29) is 24.4 Å². The molecular weight excluding hydrogens is 389 g/mol. The molecule has 4 rings (SSSR count). The molecule has 0 atom stereocenters. The minimum Gasteiger partial charge on any atom is -0.444 e. The maximum Gasteiger partial charge on any atom is 0.495 e. The Labute approximate surface area is 188 Å². The van der Waals surface area contributed by atoms with Crippen LogP contribution in [0.4, 0.5) is 4.79 Å². The second kappa shape index (κ2) is 7.81. The molecule has 5 nitrogen and oxygen atoms in total.